The highest BCUT2D eigenvalue weighted by molar-refractivity contribution is 9.10. The molecule has 28 heavy (non-hydrogen) atoms. The maximum Gasteiger partial charge on any atom is 0.262 e. The molecule has 0 aliphatic rings. The number of benzene rings is 2. The van der Waals surface area contributed by atoms with E-state index in [1.165, 1.54) is 11.3 Å². The van der Waals surface area contributed by atoms with Crippen LogP contribution >= 0.6 is 27.3 Å². The fourth-order valence-corrected chi connectivity index (χ4v) is 3.95. The van der Waals surface area contributed by atoms with Gasteiger partial charge in [-0.3, -0.25) is 9.59 Å². The molecule has 144 valence electrons. The van der Waals surface area contributed by atoms with Crippen LogP contribution in [0.4, 0.5) is 0 Å². The zero-order valence-electron chi connectivity index (χ0n) is 15.2. The largest absolute Gasteiger partial charge is 0.354 e. The van der Waals surface area contributed by atoms with Crippen molar-refractivity contribution in [1.82, 2.24) is 10.6 Å². The molecule has 0 aliphatic carbocycles. The Bertz CT molecular complexity index is 913. The molecule has 2 N–H and O–H groups in total. The van der Waals surface area contributed by atoms with Gasteiger partial charge in [-0.05, 0) is 35.1 Å². The third-order valence-electron chi connectivity index (χ3n) is 4.30. The third-order valence-corrected chi connectivity index (χ3v) is 5.94. The Hall–Kier alpha value is -2.44. The summed E-state index contributed by atoms with van der Waals surface area (Å²) < 4.78 is 1.02. The fourth-order valence-electron chi connectivity index (χ4n) is 2.84. The molecule has 0 saturated carbocycles. The minimum atomic E-state index is -0.629. The maximum absolute atomic E-state index is 12.8. The highest BCUT2D eigenvalue weighted by atomic mass is 79.9. The average Bonchev–Trinajstić information content (AvgIpc) is 3.24. The Morgan fingerprint density at radius 2 is 1.71 bits per heavy atom. The molecule has 3 rings (SSSR count). The summed E-state index contributed by atoms with van der Waals surface area (Å²) in [5, 5.41) is 7.68. The lowest BCUT2D eigenvalue weighted by molar-refractivity contribution is -0.122. The first-order valence-electron chi connectivity index (χ1n) is 9.03. The first-order valence-corrected chi connectivity index (χ1v) is 10.7. The van der Waals surface area contributed by atoms with Gasteiger partial charge < -0.3 is 10.6 Å². The lowest BCUT2D eigenvalue weighted by Gasteiger charge is -2.18. The molecule has 0 fully saturated rings. The molecule has 0 bridgehead atoms. The number of carbonyl (C=O) groups excluding carboxylic acids is 2. The van der Waals surface area contributed by atoms with Crippen LogP contribution in [0.1, 0.15) is 20.8 Å². The SMILES string of the molecule is O=C(NC(Cc1ccccc1)C(=O)NCCc1ccccc1Br)c1cccs1. The third kappa shape index (κ3) is 5.78. The lowest BCUT2D eigenvalue weighted by atomic mass is 10.0. The van der Waals surface area contributed by atoms with E-state index in [0.29, 0.717) is 24.3 Å². The van der Waals surface area contributed by atoms with Gasteiger partial charge in [0.25, 0.3) is 5.91 Å². The molecular weight excluding hydrogens is 436 g/mol. The Labute approximate surface area is 177 Å². The second-order valence-electron chi connectivity index (χ2n) is 6.33. The molecule has 0 saturated heterocycles. The minimum absolute atomic E-state index is 0.180. The lowest BCUT2D eigenvalue weighted by Crippen LogP contribution is -2.48. The van der Waals surface area contributed by atoms with Crippen molar-refractivity contribution in [3.05, 3.63) is 92.6 Å². The summed E-state index contributed by atoms with van der Waals surface area (Å²) >= 11 is 4.88. The Kier molecular flexibility index (Phi) is 7.39. The van der Waals surface area contributed by atoms with E-state index >= 15 is 0 Å². The van der Waals surface area contributed by atoms with Crippen molar-refractivity contribution in [3.63, 3.8) is 0 Å². The number of hydrogen-bond acceptors (Lipinski definition) is 3. The highest BCUT2D eigenvalue weighted by Gasteiger charge is 2.22. The molecule has 2 aromatic carbocycles. The molecule has 3 aromatic rings. The van der Waals surface area contributed by atoms with Gasteiger partial charge in [0.15, 0.2) is 0 Å². The zero-order valence-corrected chi connectivity index (χ0v) is 17.6. The van der Waals surface area contributed by atoms with E-state index in [1.54, 1.807) is 6.07 Å². The van der Waals surface area contributed by atoms with E-state index in [-0.39, 0.29) is 11.8 Å². The van der Waals surface area contributed by atoms with Gasteiger partial charge in [0, 0.05) is 17.4 Å². The van der Waals surface area contributed by atoms with Gasteiger partial charge in [-0.2, -0.15) is 0 Å². The Morgan fingerprint density at radius 3 is 2.43 bits per heavy atom. The predicted octanol–water partition coefficient (Wildman–Crippen LogP) is 4.21. The predicted molar refractivity (Wildman–Crippen MR) is 117 cm³/mol. The van der Waals surface area contributed by atoms with Crippen LogP contribution in [-0.4, -0.2) is 24.4 Å². The maximum atomic E-state index is 12.8. The Balaban J connectivity index is 1.63. The van der Waals surface area contributed by atoms with Gasteiger partial charge in [0.2, 0.25) is 5.91 Å². The molecule has 1 aromatic heterocycles. The molecule has 1 heterocycles. The van der Waals surface area contributed by atoms with Crippen LogP contribution in [0.3, 0.4) is 0 Å². The summed E-state index contributed by atoms with van der Waals surface area (Å²) in [7, 11) is 0. The minimum Gasteiger partial charge on any atom is -0.354 e. The summed E-state index contributed by atoms with van der Waals surface area (Å²) in [6, 6.07) is 20.6. The monoisotopic (exact) mass is 456 g/mol. The summed E-state index contributed by atoms with van der Waals surface area (Å²) in [5.74, 6) is -0.405. The van der Waals surface area contributed by atoms with Crippen LogP contribution in [-0.2, 0) is 17.6 Å². The molecular formula is C22H21BrN2O2S. The number of halogens is 1. The molecule has 0 aliphatic heterocycles. The standard InChI is InChI=1S/C22H21BrN2O2S/c23-18-10-5-4-9-17(18)12-13-24-21(26)19(15-16-7-2-1-3-8-16)25-22(27)20-11-6-14-28-20/h1-11,14,19H,12-13,15H2,(H,24,26)(H,25,27). The van der Waals surface area contributed by atoms with Crippen LogP contribution < -0.4 is 10.6 Å². The quantitative estimate of drug-likeness (QED) is 0.533. The van der Waals surface area contributed by atoms with Crippen molar-refractivity contribution in [1.29, 1.82) is 0 Å². The van der Waals surface area contributed by atoms with E-state index in [4.69, 9.17) is 0 Å². The summed E-state index contributed by atoms with van der Waals surface area (Å²) in [5.41, 5.74) is 2.13. The average molecular weight is 457 g/mol. The van der Waals surface area contributed by atoms with Gasteiger partial charge in [0.05, 0.1) is 4.88 Å². The van der Waals surface area contributed by atoms with Crippen molar-refractivity contribution >= 4 is 39.1 Å². The summed E-state index contributed by atoms with van der Waals surface area (Å²) in [4.78, 5) is 25.9. The van der Waals surface area contributed by atoms with E-state index < -0.39 is 6.04 Å². The van der Waals surface area contributed by atoms with E-state index in [2.05, 4.69) is 26.6 Å². The molecule has 2 amide bonds. The second kappa shape index (κ2) is 10.2. The molecule has 6 heteroatoms. The van der Waals surface area contributed by atoms with Crippen molar-refractivity contribution in [2.24, 2.45) is 0 Å². The van der Waals surface area contributed by atoms with Crippen LogP contribution in [0.2, 0.25) is 0 Å². The molecule has 1 unspecified atom stereocenters. The van der Waals surface area contributed by atoms with Crippen LogP contribution in [0.5, 0.6) is 0 Å². The fraction of sp³-hybridized carbons (Fsp3) is 0.182. The molecule has 0 radical (unpaired) electrons. The van der Waals surface area contributed by atoms with Crippen LogP contribution in [0.25, 0.3) is 0 Å². The van der Waals surface area contributed by atoms with Crippen molar-refractivity contribution in [2.75, 3.05) is 6.54 Å². The molecule has 4 nitrogen and oxygen atoms in total. The van der Waals surface area contributed by atoms with E-state index in [0.717, 1.165) is 15.6 Å². The van der Waals surface area contributed by atoms with Gasteiger partial charge in [-0.15, -0.1) is 11.3 Å². The number of amides is 2. The van der Waals surface area contributed by atoms with Crippen molar-refractivity contribution in [3.8, 4) is 0 Å². The second-order valence-corrected chi connectivity index (χ2v) is 8.13. The number of nitrogens with one attached hydrogen (secondary N) is 2. The summed E-state index contributed by atoms with van der Waals surface area (Å²) in [6.07, 6.45) is 1.16. The highest BCUT2D eigenvalue weighted by Crippen LogP contribution is 2.16. The normalized spacial score (nSPS) is 11.6. The zero-order chi connectivity index (χ0) is 19.8. The smallest absolute Gasteiger partial charge is 0.262 e. The van der Waals surface area contributed by atoms with Crippen LogP contribution in [0.15, 0.2) is 76.6 Å². The van der Waals surface area contributed by atoms with Crippen molar-refractivity contribution < 1.29 is 9.59 Å². The first kappa shape index (κ1) is 20.3. The Morgan fingerprint density at radius 1 is 0.964 bits per heavy atom. The number of carbonyl (C=O) groups is 2. The van der Waals surface area contributed by atoms with Crippen molar-refractivity contribution in [2.45, 2.75) is 18.9 Å². The van der Waals surface area contributed by atoms with Gasteiger partial charge in [-0.25, -0.2) is 0 Å². The van der Waals surface area contributed by atoms with Crippen LogP contribution in [0, 0.1) is 0 Å². The topological polar surface area (TPSA) is 58.2 Å². The molecule has 1 atom stereocenters. The van der Waals surface area contributed by atoms with E-state index in [1.807, 2.05) is 66.0 Å². The number of hydrogen-bond donors (Lipinski definition) is 2. The van der Waals surface area contributed by atoms with E-state index in [9.17, 15) is 9.59 Å². The first-order chi connectivity index (χ1) is 13.6. The van der Waals surface area contributed by atoms with Gasteiger partial charge in [0.1, 0.15) is 6.04 Å². The molecule has 0 spiro atoms. The number of rotatable bonds is 8. The summed E-state index contributed by atoms with van der Waals surface area (Å²) in [6.45, 7) is 0.502. The number of thiophene rings is 1. The van der Waals surface area contributed by atoms with Gasteiger partial charge >= 0.3 is 0 Å². The van der Waals surface area contributed by atoms with Gasteiger partial charge in [-0.1, -0.05) is 70.5 Å².